The number of hydrogen-bond donors (Lipinski definition) is 0. The van der Waals surface area contributed by atoms with E-state index in [1.165, 1.54) is 0 Å². The van der Waals surface area contributed by atoms with Crippen LogP contribution in [-0.4, -0.2) is 0 Å². The van der Waals surface area contributed by atoms with Crippen LogP contribution in [0.15, 0.2) is 24.3 Å². The second-order valence-corrected chi connectivity index (χ2v) is 1.09. The molecule has 0 nitrogen and oxygen atoms in total. The van der Waals surface area contributed by atoms with Crippen LogP contribution in [-0.2, 0) is 21.1 Å². The first-order chi connectivity index (χ1) is 2.50. The predicted molar refractivity (Wildman–Crippen MR) is 51.9 cm³/mol. The second kappa shape index (κ2) is 22.4. The third-order valence-electron chi connectivity index (χ3n) is 0.655. The Morgan fingerprint density at radius 3 is 1.10 bits per heavy atom. The average Bonchev–Trinajstić information content (AvgIpc) is 1.76. The maximum Gasteiger partial charge on any atom is 0 e. The van der Waals surface area contributed by atoms with Gasteiger partial charge in [-0.2, -0.15) is 0 Å². The molecule has 1 rings (SSSR count). The summed E-state index contributed by atoms with van der Waals surface area (Å²) in [6.07, 6.45) is 9.50. The van der Waals surface area contributed by atoms with Crippen molar-refractivity contribution < 1.29 is 21.1 Å². The molecule has 0 spiro atoms. The van der Waals surface area contributed by atoms with Crippen LogP contribution < -0.4 is 0 Å². The first-order valence-electron chi connectivity index (χ1n) is 1.82. The van der Waals surface area contributed by atoms with E-state index in [-0.39, 0.29) is 70.7 Å². The van der Waals surface area contributed by atoms with E-state index in [1.807, 2.05) is 0 Å². The molecule has 10 heavy (non-hydrogen) atoms. The molecule has 0 saturated heterocycles. The van der Waals surface area contributed by atoms with Gasteiger partial charge in [0.15, 0.2) is 0 Å². The van der Waals surface area contributed by atoms with E-state index >= 15 is 0 Å². The summed E-state index contributed by atoms with van der Waals surface area (Å²) in [7, 11) is 0. The summed E-state index contributed by atoms with van der Waals surface area (Å²) >= 11 is 0. The SMILES string of the molecule is C1=CCC=C1.Cl.Cl.Cl.Cl.[Mo]. The molecule has 5 heteroatoms. The first kappa shape index (κ1) is 30.2. The molecule has 64 valence electrons. The summed E-state index contributed by atoms with van der Waals surface area (Å²) in [6.45, 7) is 0. The van der Waals surface area contributed by atoms with Crippen molar-refractivity contribution in [2.45, 2.75) is 6.42 Å². The van der Waals surface area contributed by atoms with Gasteiger partial charge in [-0.25, -0.2) is 0 Å². The molecule has 0 amide bonds. The van der Waals surface area contributed by atoms with Crippen molar-refractivity contribution in [3.05, 3.63) is 24.3 Å². The Kier molecular flexibility index (Phi) is 67.7. The quantitative estimate of drug-likeness (QED) is 0.603. The van der Waals surface area contributed by atoms with Gasteiger partial charge in [0.05, 0.1) is 0 Å². The monoisotopic (exact) mass is 308 g/mol. The Balaban J connectivity index is -0.0000000167. The van der Waals surface area contributed by atoms with Crippen molar-refractivity contribution >= 4 is 49.6 Å². The number of halogens is 4. The molecule has 0 unspecified atom stereocenters. The van der Waals surface area contributed by atoms with Crippen molar-refractivity contribution in [3.8, 4) is 0 Å². The summed E-state index contributed by atoms with van der Waals surface area (Å²) in [4.78, 5) is 0. The number of hydrogen-bond acceptors (Lipinski definition) is 0. The van der Waals surface area contributed by atoms with Gasteiger partial charge in [-0.15, -0.1) is 49.6 Å². The van der Waals surface area contributed by atoms with E-state index in [9.17, 15) is 0 Å². The minimum atomic E-state index is 0. The van der Waals surface area contributed by atoms with E-state index in [0.717, 1.165) is 6.42 Å². The zero-order chi connectivity index (χ0) is 3.54. The fourth-order valence-corrected chi connectivity index (χ4v) is 0.393. The first-order valence-corrected chi connectivity index (χ1v) is 1.82. The van der Waals surface area contributed by atoms with Gasteiger partial charge in [-0.05, 0) is 6.42 Å². The fourth-order valence-electron chi connectivity index (χ4n) is 0.393. The average molecular weight is 308 g/mol. The third kappa shape index (κ3) is 16.2. The molecule has 0 saturated carbocycles. The molecule has 0 fully saturated rings. The Hall–Kier alpha value is 1.33. The topological polar surface area (TPSA) is 0 Å². The summed E-state index contributed by atoms with van der Waals surface area (Å²) in [5.41, 5.74) is 0. The van der Waals surface area contributed by atoms with Gasteiger partial charge in [-0.1, -0.05) is 24.3 Å². The van der Waals surface area contributed by atoms with Crippen LogP contribution in [0, 0.1) is 0 Å². The minimum absolute atomic E-state index is 0. The summed E-state index contributed by atoms with van der Waals surface area (Å²) in [5.74, 6) is 0. The molecule has 0 bridgehead atoms. The smallest absolute Gasteiger partial charge is 0 e. The van der Waals surface area contributed by atoms with Crippen LogP contribution in [0.2, 0.25) is 0 Å². The van der Waals surface area contributed by atoms with Crippen molar-refractivity contribution in [1.82, 2.24) is 0 Å². The molecule has 0 aromatic carbocycles. The Morgan fingerprint density at radius 2 is 1.00 bits per heavy atom. The van der Waals surface area contributed by atoms with Crippen LogP contribution >= 0.6 is 49.6 Å². The molecule has 0 heterocycles. The van der Waals surface area contributed by atoms with Crippen LogP contribution in [0.5, 0.6) is 0 Å². The van der Waals surface area contributed by atoms with Crippen LogP contribution in [0.3, 0.4) is 0 Å². The van der Waals surface area contributed by atoms with Gasteiger partial charge in [0.25, 0.3) is 0 Å². The Bertz CT molecular complexity index is 71.7. The molecule has 0 atom stereocenters. The Morgan fingerprint density at radius 1 is 0.700 bits per heavy atom. The molecule has 1 aliphatic rings. The zero-order valence-electron chi connectivity index (χ0n) is 5.06. The summed E-state index contributed by atoms with van der Waals surface area (Å²) in [5, 5.41) is 0. The van der Waals surface area contributed by atoms with Gasteiger partial charge >= 0.3 is 0 Å². The van der Waals surface area contributed by atoms with Gasteiger partial charge in [-0.3, -0.25) is 0 Å². The van der Waals surface area contributed by atoms with E-state index < -0.39 is 0 Å². The molecule has 0 N–H and O–H groups in total. The largest absolute Gasteiger partial charge is 0.147 e. The number of allylic oxidation sites excluding steroid dienone is 4. The van der Waals surface area contributed by atoms with Crippen molar-refractivity contribution in [2.75, 3.05) is 0 Å². The maximum atomic E-state index is 2.12. The van der Waals surface area contributed by atoms with Crippen LogP contribution in [0.4, 0.5) is 0 Å². The van der Waals surface area contributed by atoms with Gasteiger partial charge in [0.2, 0.25) is 0 Å². The molecule has 0 aromatic rings. The van der Waals surface area contributed by atoms with Crippen molar-refractivity contribution in [1.29, 1.82) is 0 Å². The molecule has 1 aliphatic carbocycles. The van der Waals surface area contributed by atoms with Gasteiger partial charge in [0.1, 0.15) is 0 Å². The van der Waals surface area contributed by atoms with Crippen LogP contribution in [0.25, 0.3) is 0 Å². The fraction of sp³-hybridized carbons (Fsp3) is 0.200. The van der Waals surface area contributed by atoms with Gasteiger partial charge in [0, 0.05) is 21.1 Å². The van der Waals surface area contributed by atoms with E-state index in [1.54, 1.807) is 0 Å². The van der Waals surface area contributed by atoms with E-state index in [0.29, 0.717) is 0 Å². The van der Waals surface area contributed by atoms with Crippen molar-refractivity contribution in [3.63, 3.8) is 0 Å². The summed E-state index contributed by atoms with van der Waals surface area (Å²) in [6, 6.07) is 0. The molecule has 0 radical (unpaired) electrons. The van der Waals surface area contributed by atoms with E-state index in [2.05, 4.69) is 24.3 Å². The molecular formula is C5H10Cl4Mo. The maximum absolute atomic E-state index is 2.12. The molecule has 0 aromatic heterocycles. The predicted octanol–water partition coefficient (Wildman–Crippen LogP) is 3.19. The second-order valence-electron chi connectivity index (χ2n) is 1.09. The normalized spacial score (nSPS) is 8.80. The minimum Gasteiger partial charge on any atom is -0.147 e. The van der Waals surface area contributed by atoms with E-state index in [4.69, 9.17) is 0 Å². The van der Waals surface area contributed by atoms with Gasteiger partial charge < -0.3 is 0 Å². The standard InChI is InChI=1S/C5H6.4ClH.Mo/c1-2-4-5-3-1;;;;;/h1-4H,5H2;4*1H;. The number of rotatable bonds is 0. The molecule has 0 aliphatic heterocycles. The summed E-state index contributed by atoms with van der Waals surface area (Å²) < 4.78 is 0. The third-order valence-corrected chi connectivity index (χ3v) is 0.655. The van der Waals surface area contributed by atoms with Crippen LogP contribution in [0.1, 0.15) is 6.42 Å². The zero-order valence-corrected chi connectivity index (χ0v) is 10.3. The molecular weight excluding hydrogens is 298 g/mol. The Labute approximate surface area is 101 Å². The van der Waals surface area contributed by atoms with Crippen molar-refractivity contribution in [2.24, 2.45) is 0 Å².